The molecule has 0 aliphatic carbocycles. The van der Waals surface area contributed by atoms with E-state index in [4.69, 9.17) is 4.74 Å². The van der Waals surface area contributed by atoms with Crippen molar-refractivity contribution in [3.05, 3.63) is 58.9 Å². The van der Waals surface area contributed by atoms with E-state index in [-0.39, 0.29) is 17.7 Å². The topological polar surface area (TPSA) is 71.5 Å². The van der Waals surface area contributed by atoms with Crippen molar-refractivity contribution in [1.29, 1.82) is 0 Å². The molecule has 0 saturated carbocycles. The van der Waals surface area contributed by atoms with Gasteiger partial charge < -0.3 is 15.0 Å². The highest BCUT2D eigenvalue weighted by atomic mass is 16.5. The molecule has 1 N–H and O–H groups in total. The fourth-order valence-electron chi connectivity index (χ4n) is 3.81. The normalized spacial score (nSPS) is 14.5. The number of carbonyl (C=O) groups is 2. The lowest BCUT2D eigenvalue weighted by Crippen LogP contribution is -2.39. The number of aryl methyl sites for hydroxylation is 1. The quantitative estimate of drug-likeness (QED) is 0.816. The van der Waals surface area contributed by atoms with Gasteiger partial charge >= 0.3 is 0 Å². The maximum Gasteiger partial charge on any atom is 0.253 e. The Morgan fingerprint density at radius 3 is 2.66 bits per heavy atom. The van der Waals surface area contributed by atoms with E-state index < -0.39 is 0 Å². The van der Waals surface area contributed by atoms with Gasteiger partial charge in [-0.15, -0.1) is 0 Å². The Hall–Kier alpha value is -2.89. The highest BCUT2D eigenvalue weighted by molar-refractivity contribution is 5.95. The molecular weight excluding hydrogens is 366 g/mol. The summed E-state index contributed by atoms with van der Waals surface area (Å²) in [6, 6.07) is 11.4. The molecule has 29 heavy (non-hydrogen) atoms. The summed E-state index contributed by atoms with van der Waals surface area (Å²) in [7, 11) is 1.63. The van der Waals surface area contributed by atoms with E-state index in [2.05, 4.69) is 10.3 Å². The van der Waals surface area contributed by atoms with Crippen molar-refractivity contribution in [3.63, 3.8) is 0 Å². The second kappa shape index (κ2) is 9.54. The third kappa shape index (κ3) is 5.13. The number of pyridine rings is 1. The lowest BCUT2D eigenvalue weighted by molar-refractivity contribution is -0.131. The zero-order chi connectivity index (χ0) is 20.8. The fourth-order valence-corrected chi connectivity index (χ4v) is 3.81. The molecule has 6 nitrogen and oxygen atoms in total. The van der Waals surface area contributed by atoms with E-state index in [0.29, 0.717) is 31.6 Å². The molecule has 1 aliphatic heterocycles. The average Bonchev–Trinajstić information content (AvgIpc) is 2.74. The van der Waals surface area contributed by atoms with Crippen molar-refractivity contribution in [2.75, 3.05) is 26.7 Å². The van der Waals surface area contributed by atoms with Gasteiger partial charge in [-0.2, -0.15) is 0 Å². The first-order valence-electron chi connectivity index (χ1n) is 10.2. The number of likely N-dealkylation sites (tertiary alicyclic amines) is 1. The maximum absolute atomic E-state index is 12.7. The summed E-state index contributed by atoms with van der Waals surface area (Å²) >= 11 is 0. The first-order valence-corrected chi connectivity index (χ1v) is 10.2. The summed E-state index contributed by atoms with van der Waals surface area (Å²) in [4.78, 5) is 31.7. The van der Waals surface area contributed by atoms with Crippen LogP contribution in [0.15, 0.2) is 36.4 Å². The van der Waals surface area contributed by atoms with Gasteiger partial charge in [0.25, 0.3) is 5.91 Å². The number of hydrogen-bond acceptors (Lipinski definition) is 4. The summed E-state index contributed by atoms with van der Waals surface area (Å²) in [5.74, 6) is 0.996. The molecule has 1 aromatic carbocycles. The van der Waals surface area contributed by atoms with Gasteiger partial charge in [0.1, 0.15) is 5.75 Å². The predicted octanol–water partition coefficient (Wildman–Crippen LogP) is 3.10. The van der Waals surface area contributed by atoms with Gasteiger partial charge in [0.15, 0.2) is 0 Å². The number of methoxy groups -OCH3 is 1. The van der Waals surface area contributed by atoms with E-state index in [1.807, 2.05) is 55.1 Å². The minimum absolute atomic E-state index is 0.0773. The monoisotopic (exact) mass is 395 g/mol. The van der Waals surface area contributed by atoms with Crippen molar-refractivity contribution in [2.24, 2.45) is 0 Å². The Morgan fingerprint density at radius 1 is 1.21 bits per heavy atom. The SMILES string of the molecule is CCNC(=O)c1ccc(C)nc1C1CCN(C(=O)Cc2cccc(OC)c2)CC1. The number of piperidine rings is 1. The Balaban J connectivity index is 1.65. The Labute approximate surface area is 172 Å². The summed E-state index contributed by atoms with van der Waals surface area (Å²) in [5.41, 5.74) is 3.37. The Kier molecular flexibility index (Phi) is 6.86. The smallest absolute Gasteiger partial charge is 0.253 e. The van der Waals surface area contributed by atoms with Crippen molar-refractivity contribution < 1.29 is 14.3 Å². The van der Waals surface area contributed by atoms with Crippen LogP contribution in [0.1, 0.15) is 53.0 Å². The first kappa shape index (κ1) is 20.8. The molecule has 1 fully saturated rings. The predicted molar refractivity (Wildman–Crippen MR) is 112 cm³/mol. The van der Waals surface area contributed by atoms with Crippen LogP contribution in [-0.4, -0.2) is 48.4 Å². The molecule has 1 aromatic heterocycles. The maximum atomic E-state index is 12.7. The van der Waals surface area contributed by atoms with E-state index in [0.717, 1.165) is 35.5 Å². The average molecular weight is 396 g/mol. The van der Waals surface area contributed by atoms with E-state index in [9.17, 15) is 9.59 Å². The largest absolute Gasteiger partial charge is 0.497 e. The molecular formula is C23H29N3O3. The van der Waals surface area contributed by atoms with Crippen LogP contribution in [0, 0.1) is 6.92 Å². The summed E-state index contributed by atoms with van der Waals surface area (Å²) in [6.45, 7) is 5.79. The number of benzene rings is 1. The Morgan fingerprint density at radius 2 is 1.97 bits per heavy atom. The number of aromatic nitrogens is 1. The number of hydrogen-bond donors (Lipinski definition) is 1. The van der Waals surface area contributed by atoms with Crippen LogP contribution in [0.2, 0.25) is 0 Å². The summed E-state index contributed by atoms with van der Waals surface area (Å²) in [6.07, 6.45) is 1.99. The molecule has 0 atom stereocenters. The summed E-state index contributed by atoms with van der Waals surface area (Å²) < 4.78 is 5.24. The molecule has 6 heteroatoms. The van der Waals surface area contributed by atoms with Crippen LogP contribution in [0.25, 0.3) is 0 Å². The second-order valence-corrected chi connectivity index (χ2v) is 7.43. The molecule has 154 valence electrons. The second-order valence-electron chi connectivity index (χ2n) is 7.43. The molecule has 1 saturated heterocycles. The lowest BCUT2D eigenvalue weighted by Gasteiger charge is -2.32. The van der Waals surface area contributed by atoms with Crippen molar-refractivity contribution in [2.45, 2.75) is 39.0 Å². The van der Waals surface area contributed by atoms with Crippen molar-refractivity contribution >= 4 is 11.8 Å². The van der Waals surface area contributed by atoms with Gasteiger partial charge in [0.2, 0.25) is 5.91 Å². The van der Waals surface area contributed by atoms with Gasteiger partial charge in [0.05, 0.1) is 24.8 Å². The zero-order valence-electron chi connectivity index (χ0n) is 17.4. The van der Waals surface area contributed by atoms with Crippen molar-refractivity contribution in [3.8, 4) is 5.75 Å². The minimum atomic E-state index is -0.0773. The van der Waals surface area contributed by atoms with Crippen LogP contribution in [-0.2, 0) is 11.2 Å². The highest BCUT2D eigenvalue weighted by Crippen LogP contribution is 2.30. The molecule has 2 amide bonds. The third-order valence-electron chi connectivity index (χ3n) is 5.37. The van der Waals surface area contributed by atoms with Gasteiger partial charge in [-0.1, -0.05) is 12.1 Å². The summed E-state index contributed by atoms with van der Waals surface area (Å²) in [5, 5.41) is 2.87. The molecule has 2 aromatic rings. The first-order chi connectivity index (χ1) is 14.0. The van der Waals surface area contributed by atoms with Crippen LogP contribution in [0.5, 0.6) is 5.75 Å². The van der Waals surface area contributed by atoms with Gasteiger partial charge in [0, 0.05) is 31.2 Å². The van der Waals surface area contributed by atoms with Crippen molar-refractivity contribution in [1.82, 2.24) is 15.2 Å². The molecule has 0 radical (unpaired) electrons. The zero-order valence-corrected chi connectivity index (χ0v) is 17.4. The number of nitrogens with zero attached hydrogens (tertiary/aromatic N) is 2. The van der Waals surface area contributed by atoms with Crippen LogP contribution in [0.3, 0.4) is 0 Å². The number of carbonyl (C=O) groups excluding carboxylic acids is 2. The van der Waals surface area contributed by atoms with E-state index >= 15 is 0 Å². The number of amides is 2. The van der Waals surface area contributed by atoms with Crippen LogP contribution in [0.4, 0.5) is 0 Å². The molecule has 2 heterocycles. The molecule has 3 rings (SSSR count). The lowest BCUT2D eigenvalue weighted by atomic mass is 9.89. The highest BCUT2D eigenvalue weighted by Gasteiger charge is 2.27. The van der Waals surface area contributed by atoms with Crippen LogP contribution < -0.4 is 10.1 Å². The van der Waals surface area contributed by atoms with E-state index in [1.165, 1.54) is 0 Å². The molecule has 1 aliphatic rings. The fraction of sp³-hybridized carbons (Fsp3) is 0.435. The number of ether oxygens (including phenoxy) is 1. The van der Waals surface area contributed by atoms with Gasteiger partial charge in [-0.05, 0) is 56.5 Å². The molecule has 0 unspecified atom stereocenters. The van der Waals surface area contributed by atoms with Crippen LogP contribution >= 0.6 is 0 Å². The van der Waals surface area contributed by atoms with Gasteiger partial charge in [-0.3, -0.25) is 14.6 Å². The van der Waals surface area contributed by atoms with Gasteiger partial charge in [-0.25, -0.2) is 0 Å². The molecule has 0 bridgehead atoms. The number of rotatable bonds is 6. The van der Waals surface area contributed by atoms with E-state index in [1.54, 1.807) is 7.11 Å². The third-order valence-corrected chi connectivity index (χ3v) is 5.37. The standard InChI is InChI=1S/C23H29N3O3/c1-4-24-23(28)20-9-8-16(2)25-22(20)18-10-12-26(13-11-18)21(27)15-17-6-5-7-19(14-17)29-3/h5-9,14,18H,4,10-13,15H2,1-3H3,(H,24,28). The Bertz CT molecular complexity index is 873. The minimum Gasteiger partial charge on any atom is -0.497 e. The molecule has 0 spiro atoms. The number of nitrogens with one attached hydrogen (secondary N) is 1.